The van der Waals surface area contributed by atoms with Gasteiger partial charge in [0.15, 0.2) is 11.5 Å². The predicted octanol–water partition coefficient (Wildman–Crippen LogP) is 3.95. The van der Waals surface area contributed by atoms with Gasteiger partial charge >= 0.3 is 12.0 Å². The van der Waals surface area contributed by atoms with Gasteiger partial charge in [-0.3, -0.25) is 0 Å². The number of amides is 2. The molecule has 2 aromatic carbocycles. The first-order chi connectivity index (χ1) is 14.0. The number of urea groups is 1. The fraction of sp³-hybridized carbons (Fsp3) is 0.150. The van der Waals surface area contributed by atoms with Gasteiger partial charge in [0, 0.05) is 22.0 Å². The molecule has 1 aliphatic rings. The predicted molar refractivity (Wildman–Crippen MR) is 107 cm³/mol. The number of rotatable bonds is 4. The van der Waals surface area contributed by atoms with Crippen LogP contribution in [0.4, 0.5) is 10.5 Å². The van der Waals surface area contributed by atoms with E-state index in [0.717, 1.165) is 0 Å². The van der Waals surface area contributed by atoms with Crippen LogP contribution in [0.2, 0.25) is 5.02 Å². The highest BCUT2D eigenvalue weighted by atomic mass is 35.5. The monoisotopic (exact) mass is 413 g/mol. The number of halogens is 1. The molecule has 148 valence electrons. The molecular weight excluding hydrogens is 398 g/mol. The SMILES string of the molecule is CCOC(=O)c1cc2cc3c(cc2nc1-c1ccc(Cl)cc1NC(N)=O)OCO3. The fourth-order valence-corrected chi connectivity index (χ4v) is 3.26. The molecule has 4 rings (SSSR count). The second-order valence-electron chi connectivity index (χ2n) is 6.18. The van der Waals surface area contributed by atoms with Crippen LogP contribution in [0, 0.1) is 0 Å². The molecule has 2 amide bonds. The van der Waals surface area contributed by atoms with Crippen LogP contribution in [0.1, 0.15) is 17.3 Å². The molecule has 0 saturated heterocycles. The van der Waals surface area contributed by atoms with Crippen molar-refractivity contribution in [3.63, 3.8) is 0 Å². The molecule has 2 heterocycles. The molecule has 8 nitrogen and oxygen atoms in total. The smallest absolute Gasteiger partial charge is 0.340 e. The number of pyridine rings is 1. The number of primary amides is 1. The zero-order valence-electron chi connectivity index (χ0n) is 15.3. The summed E-state index contributed by atoms with van der Waals surface area (Å²) in [6.45, 7) is 2.03. The van der Waals surface area contributed by atoms with Gasteiger partial charge in [-0.2, -0.15) is 0 Å². The van der Waals surface area contributed by atoms with Crippen LogP contribution in [0.5, 0.6) is 11.5 Å². The second kappa shape index (κ2) is 7.48. The van der Waals surface area contributed by atoms with E-state index in [-0.39, 0.29) is 19.0 Å². The number of nitrogens with two attached hydrogens (primary N) is 1. The Labute approximate surface area is 170 Å². The summed E-state index contributed by atoms with van der Waals surface area (Å²) in [5, 5.41) is 3.59. The van der Waals surface area contributed by atoms with E-state index in [9.17, 15) is 9.59 Å². The summed E-state index contributed by atoms with van der Waals surface area (Å²) in [7, 11) is 0. The van der Waals surface area contributed by atoms with Crippen LogP contribution in [-0.4, -0.2) is 30.4 Å². The highest BCUT2D eigenvalue weighted by Crippen LogP contribution is 2.39. The average molecular weight is 414 g/mol. The van der Waals surface area contributed by atoms with Crippen molar-refractivity contribution in [1.29, 1.82) is 0 Å². The summed E-state index contributed by atoms with van der Waals surface area (Å²) in [6, 6.07) is 9.19. The summed E-state index contributed by atoms with van der Waals surface area (Å²) in [5.41, 5.74) is 7.20. The molecule has 0 spiro atoms. The molecule has 3 N–H and O–H groups in total. The van der Waals surface area contributed by atoms with Gasteiger partial charge in [-0.25, -0.2) is 14.6 Å². The van der Waals surface area contributed by atoms with Crippen molar-refractivity contribution >= 4 is 40.2 Å². The minimum atomic E-state index is -0.768. The van der Waals surface area contributed by atoms with Gasteiger partial charge in [-0.05, 0) is 37.3 Å². The van der Waals surface area contributed by atoms with Crippen molar-refractivity contribution in [2.24, 2.45) is 5.73 Å². The number of nitrogens with zero attached hydrogens (tertiary/aromatic N) is 1. The molecule has 0 fully saturated rings. The minimum absolute atomic E-state index is 0.118. The Hall–Kier alpha value is -3.52. The lowest BCUT2D eigenvalue weighted by Crippen LogP contribution is -2.20. The summed E-state index contributed by atoms with van der Waals surface area (Å²) >= 11 is 6.06. The van der Waals surface area contributed by atoms with Crippen LogP contribution in [0.3, 0.4) is 0 Å². The zero-order chi connectivity index (χ0) is 20.5. The van der Waals surface area contributed by atoms with E-state index in [1.54, 1.807) is 37.3 Å². The number of hydrogen-bond donors (Lipinski definition) is 2. The van der Waals surface area contributed by atoms with Crippen molar-refractivity contribution in [2.75, 3.05) is 18.7 Å². The fourth-order valence-electron chi connectivity index (χ4n) is 3.09. The number of carbonyl (C=O) groups is 2. The molecule has 29 heavy (non-hydrogen) atoms. The Morgan fingerprint density at radius 2 is 1.97 bits per heavy atom. The van der Waals surface area contributed by atoms with Crippen molar-refractivity contribution in [2.45, 2.75) is 6.92 Å². The molecule has 3 aromatic rings. The topological polar surface area (TPSA) is 113 Å². The van der Waals surface area contributed by atoms with Gasteiger partial charge in [-0.1, -0.05) is 11.6 Å². The lowest BCUT2D eigenvalue weighted by Gasteiger charge is -2.14. The number of benzene rings is 2. The van der Waals surface area contributed by atoms with E-state index in [1.807, 2.05) is 0 Å². The van der Waals surface area contributed by atoms with Crippen LogP contribution >= 0.6 is 11.6 Å². The standard InChI is InChI=1S/C20H16ClN3O5/c1-2-27-19(25)13-5-10-6-16-17(29-9-28-16)8-14(10)23-18(13)12-4-3-11(21)7-15(12)24-20(22)26/h3-8H,2,9H2,1H3,(H3,22,24,26). The third-order valence-electron chi connectivity index (χ3n) is 4.30. The van der Waals surface area contributed by atoms with E-state index in [4.69, 9.17) is 31.5 Å². The first kappa shape index (κ1) is 18.8. The summed E-state index contributed by atoms with van der Waals surface area (Å²) < 4.78 is 16.0. The van der Waals surface area contributed by atoms with Gasteiger partial charge in [-0.15, -0.1) is 0 Å². The Morgan fingerprint density at radius 1 is 1.21 bits per heavy atom. The van der Waals surface area contributed by atoms with Crippen molar-refractivity contribution in [3.05, 3.63) is 47.0 Å². The maximum atomic E-state index is 12.7. The van der Waals surface area contributed by atoms with E-state index in [0.29, 0.717) is 44.4 Å². The highest BCUT2D eigenvalue weighted by Gasteiger charge is 2.22. The van der Waals surface area contributed by atoms with Crippen LogP contribution in [0.15, 0.2) is 36.4 Å². The van der Waals surface area contributed by atoms with Gasteiger partial charge < -0.3 is 25.3 Å². The number of carbonyl (C=O) groups excluding carboxylic acids is 2. The van der Waals surface area contributed by atoms with E-state index < -0.39 is 12.0 Å². The molecule has 0 atom stereocenters. The number of anilines is 1. The highest BCUT2D eigenvalue weighted by molar-refractivity contribution is 6.31. The molecular formula is C20H16ClN3O5. The number of ether oxygens (including phenoxy) is 3. The Morgan fingerprint density at radius 3 is 2.69 bits per heavy atom. The molecule has 0 saturated carbocycles. The summed E-state index contributed by atoms with van der Waals surface area (Å²) in [6.07, 6.45) is 0. The lowest BCUT2D eigenvalue weighted by molar-refractivity contribution is 0.0527. The quantitative estimate of drug-likeness (QED) is 0.626. The molecule has 1 aromatic heterocycles. The number of aromatic nitrogens is 1. The summed E-state index contributed by atoms with van der Waals surface area (Å²) in [4.78, 5) is 28.8. The van der Waals surface area contributed by atoms with Crippen molar-refractivity contribution in [3.8, 4) is 22.8 Å². The first-order valence-electron chi connectivity index (χ1n) is 8.74. The van der Waals surface area contributed by atoms with Gasteiger partial charge in [0.05, 0.1) is 29.1 Å². The normalized spacial score (nSPS) is 12.1. The number of hydrogen-bond acceptors (Lipinski definition) is 6. The Balaban J connectivity index is 1.97. The van der Waals surface area contributed by atoms with E-state index in [2.05, 4.69) is 10.3 Å². The molecule has 9 heteroatoms. The van der Waals surface area contributed by atoms with Crippen molar-refractivity contribution < 1.29 is 23.8 Å². The van der Waals surface area contributed by atoms with Crippen molar-refractivity contribution in [1.82, 2.24) is 4.98 Å². The number of fused-ring (bicyclic) bond motifs is 2. The molecule has 0 aliphatic carbocycles. The third-order valence-corrected chi connectivity index (χ3v) is 4.53. The maximum absolute atomic E-state index is 12.7. The summed E-state index contributed by atoms with van der Waals surface area (Å²) in [5.74, 6) is 0.588. The maximum Gasteiger partial charge on any atom is 0.340 e. The Bertz CT molecular complexity index is 1150. The average Bonchev–Trinajstić information content (AvgIpc) is 3.12. The number of nitrogens with one attached hydrogen (secondary N) is 1. The zero-order valence-corrected chi connectivity index (χ0v) is 16.1. The Kier molecular flexibility index (Phi) is 4.85. The largest absolute Gasteiger partial charge is 0.462 e. The van der Waals surface area contributed by atoms with E-state index >= 15 is 0 Å². The molecule has 0 bridgehead atoms. The lowest BCUT2D eigenvalue weighted by atomic mass is 10.0. The van der Waals surface area contributed by atoms with Crippen LogP contribution < -0.4 is 20.5 Å². The first-order valence-corrected chi connectivity index (χ1v) is 9.12. The van der Waals surface area contributed by atoms with Gasteiger partial charge in [0.1, 0.15) is 0 Å². The molecule has 1 aliphatic heterocycles. The third kappa shape index (κ3) is 3.62. The second-order valence-corrected chi connectivity index (χ2v) is 6.62. The minimum Gasteiger partial charge on any atom is -0.462 e. The van der Waals surface area contributed by atoms with E-state index in [1.165, 1.54) is 6.07 Å². The van der Waals surface area contributed by atoms with Gasteiger partial charge in [0.2, 0.25) is 6.79 Å². The van der Waals surface area contributed by atoms with Crippen LogP contribution in [-0.2, 0) is 4.74 Å². The van der Waals surface area contributed by atoms with Gasteiger partial charge in [0.25, 0.3) is 0 Å². The molecule has 0 radical (unpaired) electrons. The van der Waals surface area contributed by atoms with Crippen LogP contribution in [0.25, 0.3) is 22.2 Å². The number of esters is 1. The molecule has 0 unspecified atom stereocenters.